The minimum atomic E-state index is -0.0333. The fourth-order valence-corrected chi connectivity index (χ4v) is 5.11. The normalized spacial score (nSPS) is 13.1. The van der Waals surface area contributed by atoms with Gasteiger partial charge in [0.2, 0.25) is 5.91 Å². The minimum Gasteiger partial charge on any atom is -0.352 e. The van der Waals surface area contributed by atoms with Crippen LogP contribution in [0.2, 0.25) is 10.0 Å². The van der Waals surface area contributed by atoms with Crippen LogP contribution in [0.1, 0.15) is 29.7 Å². The molecular formula is C22H23Cl2N2OS2+. The second kappa shape index (κ2) is 10.5. The molecule has 0 aliphatic heterocycles. The van der Waals surface area contributed by atoms with Gasteiger partial charge in [0.25, 0.3) is 4.34 Å². The highest BCUT2D eigenvalue weighted by molar-refractivity contribution is 8.01. The van der Waals surface area contributed by atoms with Gasteiger partial charge in [-0.25, -0.2) is 0 Å². The fourth-order valence-electron chi connectivity index (χ4n) is 3.13. The number of benzene rings is 2. The Balaban J connectivity index is 1.69. The standard InChI is InChI=1S/C22H22Cl2N2OS2/c1-14-12-28-22(25-14)29-13-21(27)26-15(2)20(17-5-9-19(24)10-6-17)11-16-3-7-18(23)8-4-16/h3-10,12,15,20H,11,13H2,1-2H3,(H,26,27)/p+1/t15-,20+/m1/s1. The van der Waals surface area contributed by atoms with Crippen molar-refractivity contribution in [3.05, 3.63) is 80.8 Å². The average molecular weight is 466 g/mol. The molecule has 3 aromatic rings. The third kappa shape index (κ3) is 6.75. The first-order chi connectivity index (χ1) is 13.9. The maximum atomic E-state index is 12.5. The van der Waals surface area contributed by atoms with Crippen LogP contribution in [0.25, 0.3) is 0 Å². The lowest BCUT2D eigenvalue weighted by Crippen LogP contribution is -2.39. The fraction of sp³-hybridized carbons (Fsp3) is 0.273. The van der Waals surface area contributed by atoms with Crippen LogP contribution in [-0.4, -0.2) is 17.7 Å². The first-order valence-corrected chi connectivity index (χ1v) is 11.9. The Kier molecular flexibility index (Phi) is 8.01. The van der Waals surface area contributed by atoms with E-state index in [1.165, 1.54) is 17.3 Å². The molecule has 0 aliphatic carbocycles. The highest BCUT2D eigenvalue weighted by Crippen LogP contribution is 2.27. The van der Waals surface area contributed by atoms with Gasteiger partial charge in [-0.3, -0.25) is 4.79 Å². The van der Waals surface area contributed by atoms with Gasteiger partial charge in [0, 0.05) is 28.9 Å². The summed E-state index contributed by atoms with van der Waals surface area (Å²) >= 11 is 15.2. The molecule has 2 N–H and O–H groups in total. The molecule has 0 unspecified atom stereocenters. The number of carbonyl (C=O) groups is 1. The molecule has 3 nitrogen and oxygen atoms in total. The first-order valence-electron chi connectivity index (χ1n) is 9.30. The van der Waals surface area contributed by atoms with Crippen molar-refractivity contribution < 1.29 is 9.78 Å². The van der Waals surface area contributed by atoms with Crippen molar-refractivity contribution in [3.63, 3.8) is 0 Å². The molecule has 7 heteroatoms. The SMILES string of the molecule is Cc1csc(SCC(=O)N[C@H](C)[C@H](Cc2ccc(Cl)cc2)c2ccc(Cl)cc2)[nH+]1. The Morgan fingerprint density at radius 2 is 1.72 bits per heavy atom. The minimum absolute atomic E-state index is 0.0250. The van der Waals surface area contributed by atoms with Gasteiger partial charge < -0.3 is 5.32 Å². The van der Waals surface area contributed by atoms with Crippen molar-refractivity contribution in [1.29, 1.82) is 0 Å². The van der Waals surface area contributed by atoms with Gasteiger partial charge in [-0.05, 0) is 60.5 Å². The lowest BCUT2D eigenvalue weighted by molar-refractivity contribution is -0.425. The second-order valence-electron chi connectivity index (χ2n) is 6.96. The molecule has 152 valence electrons. The summed E-state index contributed by atoms with van der Waals surface area (Å²) in [6.07, 6.45) is 0.797. The largest absolute Gasteiger partial charge is 0.352 e. The van der Waals surface area contributed by atoms with Gasteiger partial charge in [0.15, 0.2) is 5.69 Å². The number of thioether (sulfide) groups is 1. The molecule has 2 aromatic carbocycles. The zero-order valence-electron chi connectivity index (χ0n) is 16.2. The van der Waals surface area contributed by atoms with Gasteiger partial charge in [-0.2, -0.15) is 4.98 Å². The number of aromatic amines is 1. The molecule has 1 amide bonds. The van der Waals surface area contributed by atoms with Crippen LogP contribution in [-0.2, 0) is 11.2 Å². The maximum Gasteiger partial charge on any atom is 0.296 e. The lowest BCUT2D eigenvalue weighted by atomic mass is 9.86. The van der Waals surface area contributed by atoms with Crippen LogP contribution < -0.4 is 10.3 Å². The number of amides is 1. The smallest absolute Gasteiger partial charge is 0.296 e. The van der Waals surface area contributed by atoms with E-state index in [2.05, 4.69) is 17.2 Å². The molecule has 0 saturated heterocycles. The number of nitrogens with one attached hydrogen (secondary N) is 2. The topological polar surface area (TPSA) is 43.2 Å². The summed E-state index contributed by atoms with van der Waals surface area (Å²) in [6, 6.07) is 15.7. The van der Waals surface area contributed by atoms with Gasteiger partial charge in [0.05, 0.1) is 11.1 Å². The molecule has 0 spiro atoms. The third-order valence-corrected chi connectivity index (χ3v) is 7.34. The molecule has 29 heavy (non-hydrogen) atoms. The molecule has 1 heterocycles. The predicted molar refractivity (Wildman–Crippen MR) is 123 cm³/mol. The Bertz CT molecular complexity index is 942. The van der Waals surface area contributed by atoms with E-state index in [4.69, 9.17) is 23.2 Å². The molecule has 2 atom stereocenters. The Morgan fingerprint density at radius 1 is 1.10 bits per heavy atom. The van der Waals surface area contributed by atoms with Crippen LogP contribution >= 0.6 is 46.3 Å². The van der Waals surface area contributed by atoms with E-state index in [0.717, 1.165) is 27.0 Å². The summed E-state index contributed by atoms with van der Waals surface area (Å²) in [4.78, 5) is 15.8. The summed E-state index contributed by atoms with van der Waals surface area (Å²) in [5, 5.41) is 6.64. The third-order valence-electron chi connectivity index (χ3n) is 4.64. The van der Waals surface area contributed by atoms with Crippen LogP contribution in [0.5, 0.6) is 0 Å². The second-order valence-corrected chi connectivity index (χ2v) is 9.96. The van der Waals surface area contributed by atoms with Crippen LogP contribution in [0.4, 0.5) is 0 Å². The number of thiazole rings is 1. The van der Waals surface area contributed by atoms with Crippen molar-refractivity contribution in [2.45, 2.75) is 36.6 Å². The highest BCUT2D eigenvalue weighted by atomic mass is 35.5. The number of hydrogen-bond donors (Lipinski definition) is 1. The monoisotopic (exact) mass is 465 g/mol. The Hall–Kier alpha value is -1.53. The summed E-state index contributed by atoms with van der Waals surface area (Å²) in [5.74, 6) is 0.532. The number of hydrogen-bond acceptors (Lipinski definition) is 3. The zero-order valence-corrected chi connectivity index (χ0v) is 19.4. The molecule has 0 aliphatic rings. The number of rotatable bonds is 8. The van der Waals surface area contributed by atoms with Gasteiger partial charge >= 0.3 is 0 Å². The van der Waals surface area contributed by atoms with Crippen LogP contribution in [0, 0.1) is 6.92 Å². The van der Waals surface area contributed by atoms with Crippen LogP contribution in [0.3, 0.4) is 0 Å². The molecule has 0 saturated carbocycles. The average Bonchev–Trinajstić information content (AvgIpc) is 3.12. The van der Waals surface area contributed by atoms with Gasteiger partial charge in [-0.15, -0.1) is 0 Å². The molecule has 0 radical (unpaired) electrons. The molecule has 1 aromatic heterocycles. The lowest BCUT2D eigenvalue weighted by Gasteiger charge is -2.26. The van der Waals surface area contributed by atoms with Crippen molar-refractivity contribution in [1.82, 2.24) is 5.32 Å². The van der Waals surface area contributed by atoms with Gasteiger partial charge in [-0.1, -0.05) is 58.8 Å². The molecule has 0 bridgehead atoms. The van der Waals surface area contributed by atoms with E-state index in [9.17, 15) is 4.79 Å². The van der Waals surface area contributed by atoms with E-state index in [0.29, 0.717) is 10.8 Å². The number of aromatic nitrogens is 1. The molecule has 3 rings (SSSR count). The van der Waals surface area contributed by atoms with Crippen LogP contribution in [0.15, 0.2) is 58.3 Å². The van der Waals surface area contributed by atoms with E-state index >= 15 is 0 Å². The number of H-pyrrole nitrogens is 1. The number of carbonyl (C=O) groups excluding carboxylic acids is 1. The summed E-state index contributed by atoms with van der Waals surface area (Å²) in [6.45, 7) is 4.06. The predicted octanol–water partition coefficient (Wildman–Crippen LogP) is 5.80. The van der Waals surface area contributed by atoms with E-state index < -0.39 is 0 Å². The summed E-state index contributed by atoms with van der Waals surface area (Å²) in [5.41, 5.74) is 3.43. The van der Waals surface area contributed by atoms with E-state index in [1.54, 1.807) is 11.3 Å². The van der Waals surface area contributed by atoms with E-state index in [-0.39, 0.29) is 17.9 Å². The zero-order chi connectivity index (χ0) is 20.8. The van der Waals surface area contributed by atoms with Crippen molar-refractivity contribution in [2.24, 2.45) is 0 Å². The number of aryl methyl sites for hydroxylation is 1. The van der Waals surface area contributed by atoms with Gasteiger partial charge in [0.1, 0.15) is 0 Å². The first kappa shape index (κ1) is 22.2. The Morgan fingerprint density at radius 3 is 2.31 bits per heavy atom. The summed E-state index contributed by atoms with van der Waals surface area (Å²) < 4.78 is 1.04. The summed E-state index contributed by atoms with van der Waals surface area (Å²) in [7, 11) is 0. The maximum absolute atomic E-state index is 12.5. The number of halogens is 2. The van der Waals surface area contributed by atoms with Crippen molar-refractivity contribution in [3.8, 4) is 0 Å². The quantitative estimate of drug-likeness (QED) is 0.427. The highest BCUT2D eigenvalue weighted by Gasteiger charge is 2.22. The van der Waals surface area contributed by atoms with Crippen molar-refractivity contribution >= 4 is 52.2 Å². The van der Waals surface area contributed by atoms with E-state index in [1.807, 2.05) is 60.8 Å². The molecule has 0 fully saturated rings. The molecular weight excluding hydrogens is 443 g/mol. The Labute approximate surface area is 189 Å². The van der Waals surface area contributed by atoms with Crippen molar-refractivity contribution in [2.75, 3.05) is 5.75 Å².